The fourth-order valence-corrected chi connectivity index (χ4v) is 1.34. The average Bonchev–Trinajstić information content (AvgIpc) is 2.18. The number of aromatic nitrogens is 2. The molecule has 0 fully saturated rings. The first-order chi connectivity index (χ1) is 7.88. The molecule has 0 aliphatic rings. The van der Waals surface area contributed by atoms with Gasteiger partial charge in [-0.3, -0.25) is 14.3 Å². The van der Waals surface area contributed by atoms with Gasteiger partial charge in [-0.2, -0.15) is 0 Å². The van der Waals surface area contributed by atoms with Crippen LogP contribution < -0.4 is 17.0 Å². The topological polar surface area (TPSA) is 90.1 Å². The second-order valence-electron chi connectivity index (χ2n) is 4.71. The largest absolute Gasteiger partial charge is 0.361 e. The summed E-state index contributed by atoms with van der Waals surface area (Å²) in [5.41, 5.74) is 4.76. The van der Waals surface area contributed by atoms with E-state index < -0.39 is 11.2 Å². The number of nitrogens with one attached hydrogen (secondary N) is 1. The molecule has 0 unspecified atom stereocenters. The van der Waals surface area contributed by atoms with Crippen LogP contribution in [0.25, 0.3) is 0 Å². The van der Waals surface area contributed by atoms with Crippen molar-refractivity contribution in [2.75, 3.05) is 6.61 Å². The summed E-state index contributed by atoms with van der Waals surface area (Å²) >= 11 is 0. The van der Waals surface area contributed by atoms with Crippen molar-refractivity contribution in [3.8, 4) is 0 Å². The minimum absolute atomic E-state index is 0.139. The Kier molecular flexibility index (Phi) is 4.65. The number of nitrogens with zero attached hydrogens (tertiary/aromatic N) is 1. The van der Waals surface area contributed by atoms with Crippen molar-refractivity contribution in [1.82, 2.24) is 9.55 Å². The van der Waals surface area contributed by atoms with Crippen molar-refractivity contribution in [3.63, 3.8) is 0 Å². The van der Waals surface area contributed by atoms with Crippen LogP contribution in [0, 0.1) is 0 Å². The predicted molar refractivity (Wildman–Crippen MR) is 64.8 cm³/mol. The third kappa shape index (κ3) is 5.46. The summed E-state index contributed by atoms with van der Waals surface area (Å²) in [4.78, 5) is 24.2. The molecule has 1 rings (SSSR count). The zero-order valence-corrected chi connectivity index (χ0v) is 10.2. The van der Waals surface area contributed by atoms with E-state index in [4.69, 9.17) is 10.5 Å². The molecule has 0 bridgehead atoms. The van der Waals surface area contributed by atoms with Gasteiger partial charge in [0, 0.05) is 24.4 Å². The molecule has 0 radical (unpaired) electrons. The molecule has 0 aromatic carbocycles. The number of hydrogen-bond acceptors (Lipinski definition) is 4. The molecule has 0 saturated carbocycles. The summed E-state index contributed by atoms with van der Waals surface area (Å²) in [6, 6.07) is 1.29. The highest BCUT2D eigenvalue weighted by molar-refractivity contribution is 4.81. The van der Waals surface area contributed by atoms with Crippen molar-refractivity contribution in [2.45, 2.75) is 39.0 Å². The number of aromatic amines is 1. The first kappa shape index (κ1) is 13.7. The molecule has 0 amide bonds. The second-order valence-corrected chi connectivity index (χ2v) is 4.71. The lowest BCUT2D eigenvalue weighted by molar-refractivity contribution is 0.0684. The molecule has 0 aliphatic heterocycles. The fourth-order valence-electron chi connectivity index (χ4n) is 1.34. The van der Waals surface area contributed by atoms with Gasteiger partial charge in [-0.05, 0) is 26.7 Å². The molecule has 1 aromatic heterocycles. The van der Waals surface area contributed by atoms with Crippen LogP contribution in [-0.2, 0) is 11.5 Å². The molecule has 0 atom stereocenters. The van der Waals surface area contributed by atoms with Crippen molar-refractivity contribution in [3.05, 3.63) is 33.1 Å². The van der Waals surface area contributed by atoms with Gasteiger partial charge < -0.3 is 10.5 Å². The second kappa shape index (κ2) is 5.79. The summed E-state index contributed by atoms with van der Waals surface area (Å²) in [6.07, 6.45) is 3.10. The zero-order valence-electron chi connectivity index (χ0n) is 10.2. The third-order valence-corrected chi connectivity index (χ3v) is 2.24. The Labute approximate surface area is 99.4 Å². The lowest BCUT2D eigenvalue weighted by atomic mass is 10.0. The molecule has 3 N–H and O–H groups in total. The van der Waals surface area contributed by atoms with Crippen LogP contribution in [0.5, 0.6) is 0 Å². The summed E-state index contributed by atoms with van der Waals surface area (Å²) < 4.78 is 6.62. The van der Waals surface area contributed by atoms with E-state index in [9.17, 15) is 9.59 Å². The molecule has 0 saturated heterocycles. The highest BCUT2D eigenvalue weighted by Gasteiger charge is 2.09. The average molecular weight is 241 g/mol. The smallest absolute Gasteiger partial charge is 0.330 e. The molecular weight excluding hydrogens is 222 g/mol. The Morgan fingerprint density at radius 2 is 2.18 bits per heavy atom. The van der Waals surface area contributed by atoms with Crippen LogP contribution in [0.1, 0.15) is 26.7 Å². The van der Waals surface area contributed by atoms with E-state index in [0.29, 0.717) is 6.61 Å². The Hall–Kier alpha value is -1.40. The minimum Gasteiger partial charge on any atom is -0.361 e. The van der Waals surface area contributed by atoms with Gasteiger partial charge in [0.05, 0.1) is 0 Å². The summed E-state index contributed by atoms with van der Waals surface area (Å²) in [7, 11) is 0. The normalized spacial score (nSPS) is 11.7. The van der Waals surface area contributed by atoms with Crippen LogP contribution in [0.4, 0.5) is 0 Å². The number of rotatable bonds is 6. The molecule has 6 nitrogen and oxygen atoms in total. The van der Waals surface area contributed by atoms with Gasteiger partial charge in [-0.1, -0.05) is 0 Å². The monoisotopic (exact) mass is 241 g/mol. The number of nitrogens with two attached hydrogens (primary N) is 1. The summed E-state index contributed by atoms with van der Waals surface area (Å²) in [5, 5.41) is 0. The van der Waals surface area contributed by atoms with Crippen LogP contribution in [0.15, 0.2) is 21.9 Å². The zero-order chi connectivity index (χ0) is 12.9. The molecule has 0 aliphatic carbocycles. The Balaban J connectivity index is 2.32. The lowest BCUT2D eigenvalue weighted by Gasteiger charge is -2.17. The van der Waals surface area contributed by atoms with E-state index in [0.717, 1.165) is 12.8 Å². The van der Waals surface area contributed by atoms with E-state index in [2.05, 4.69) is 4.98 Å². The van der Waals surface area contributed by atoms with Gasteiger partial charge in [-0.15, -0.1) is 0 Å². The Morgan fingerprint density at radius 3 is 2.76 bits per heavy atom. The lowest BCUT2D eigenvalue weighted by Crippen LogP contribution is -2.32. The number of hydrogen-bond donors (Lipinski definition) is 2. The third-order valence-electron chi connectivity index (χ3n) is 2.24. The van der Waals surface area contributed by atoms with Crippen LogP contribution in [0.3, 0.4) is 0 Å². The summed E-state index contributed by atoms with van der Waals surface area (Å²) in [5.74, 6) is 0. The maximum atomic E-state index is 11.3. The standard InChI is InChI=1S/C11H19N3O3/c1-11(2,12)5-3-7-17-8-14-6-4-9(15)13-10(14)16/h4,6H,3,5,7-8,12H2,1-2H3,(H,13,15,16). The number of H-pyrrole nitrogens is 1. The Morgan fingerprint density at radius 1 is 1.47 bits per heavy atom. The van der Waals surface area contributed by atoms with E-state index in [1.54, 1.807) is 0 Å². The quantitative estimate of drug-likeness (QED) is 0.687. The first-order valence-electron chi connectivity index (χ1n) is 5.55. The molecule has 96 valence electrons. The molecule has 17 heavy (non-hydrogen) atoms. The first-order valence-corrected chi connectivity index (χ1v) is 5.55. The van der Waals surface area contributed by atoms with Gasteiger partial charge in [0.15, 0.2) is 0 Å². The van der Waals surface area contributed by atoms with Crippen molar-refractivity contribution < 1.29 is 4.74 Å². The van der Waals surface area contributed by atoms with E-state index in [1.165, 1.54) is 16.8 Å². The van der Waals surface area contributed by atoms with Crippen LogP contribution in [-0.4, -0.2) is 21.7 Å². The van der Waals surface area contributed by atoms with Gasteiger partial charge >= 0.3 is 5.69 Å². The van der Waals surface area contributed by atoms with Gasteiger partial charge in [-0.25, -0.2) is 4.79 Å². The maximum absolute atomic E-state index is 11.3. The van der Waals surface area contributed by atoms with Crippen LogP contribution >= 0.6 is 0 Å². The predicted octanol–water partition coefficient (Wildman–Crippen LogP) is 0.0282. The van der Waals surface area contributed by atoms with Crippen molar-refractivity contribution >= 4 is 0 Å². The van der Waals surface area contributed by atoms with E-state index in [1.807, 2.05) is 13.8 Å². The Bertz CT molecular complexity index is 456. The van der Waals surface area contributed by atoms with E-state index >= 15 is 0 Å². The highest BCUT2D eigenvalue weighted by Crippen LogP contribution is 2.06. The van der Waals surface area contributed by atoms with Gasteiger partial charge in [0.1, 0.15) is 6.73 Å². The van der Waals surface area contributed by atoms with Gasteiger partial charge in [0.25, 0.3) is 5.56 Å². The maximum Gasteiger partial charge on any atom is 0.330 e. The summed E-state index contributed by atoms with van der Waals surface area (Å²) in [6.45, 7) is 4.59. The molecule has 0 spiro atoms. The highest BCUT2D eigenvalue weighted by atomic mass is 16.5. The molecule has 6 heteroatoms. The molecule has 1 heterocycles. The van der Waals surface area contributed by atoms with E-state index in [-0.39, 0.29) is 12.3 Å². The minimum atomic E-state index is -0.461. The SMILES string of the molecule is CC(C)(N)CCCOCn1ccc(=O)[nH]c1=O. The van der Waals surface area contributed by atoms with Crippen molar-refractivity contribution in [2.24, 2.45) is 5.73 Å². The molecular formula is C11H19N3O3. The van der Waals surface area contributed by atoms with Crippen LogP contribution in [0.2, 0.25) is 0 Å². The van der Waals surface area contributed by atoms with Gasteiger partial charge in [0.2, 0.25) is 0 Å². The molecule has 1 aromatic rings. The fraction of sp³-hybridized carbons (Fsp3) is 0.636. The number of ether oxygens (including phenoxy) is 1. The van der Waals surface area contributed by atoms with Crippen molar-refractivity contribution in [1.29, 1.82) is 0 Å².